The summed E-state index contributed by atoms with van der Waals surface area (Å²) in [6.45, 7) is 11.7. The molecule has 4 atom stereocenters. The summed E-state index contributed by atoms with van der Waals surface area (Å²) >= 11 is 0. The Morgan fingerprint density at radius 2 is 1.96 bits per heavy atom. The van der Waals surface area contributed by atoms with Crippen LogP contribution >= 0.6 is 0 Å². The maximum Gasteiger partial charge on any atom is 0.303 e. The van der Waals surface area contributed by atoms with E-state index in [0.717, 1.165) is 31.3 Å². The molecule has 2 rings (SSSR count). The highest BCUT2D eigenvalue weighted by molar-refractivity contribution is 5.66. The van der Waals surface area contributed by atoms with Gasteiger partial charge in [-0.1, -0.05) is 43.2 Å². The van der Waals surface area contributed by atoms with Crippen LogP contribution in [0.2, 0.25) is 0 Å². The molecule has 1 saturated heterocycles. The Balaban J connectivity index is 2.40. The smallest absolute Gasteiger partial charge is 0.303 e. The van der Waals surface area contributed by atoms with E-state index in [9.17, 15) is 9.90 Å². The Hall–Kier alpha value is -1.39. The minimum absolute atomic E-state index is 0.00691. The van der Waals surface area contributed by atoms with Crippen LogP contribution in [0.15, 0.2) is 34.9 Å². The first-order chi connectivity index (χ1) is 12.1. The van der Waals surface area contributed by atoms with Gasteiger partial charge in [0.25, 0.3) is 0 Å². The van der Waals surface area contributed by atoms with Gasteiger partial charge in [-0.15, -0.1) is 0 Å². The molecule has 0 spiro atoms. The van der Waals surface area contributed by atoms with E-state index in [1.165, 1.54) is 18.1 Å². The largest absolute Gasteiger partial charge is 0.455 e. The van der Waals surface area contributed by atoms with E-state index < -0.39 is 17.8 Å². The Morgan fingerprint density at radius 3 is 2.58 bits per heavy atom. The summed E-state index contributed by atoms with van der Waals surface area (Å²) in [5.41, 5.74) is 2.88. The van der Waals surface area contributed by atoms with E-state index >= 15 is 0 Å². The number of rotatable bonds is 2. The molecule has 2 aliphatic rings. The molecule has 4 nitrogen and oxygen atoms in total. The highest BCUT2D eigenvalue weighted by atomic mass is 16.6. The topological polar surface area (TPSA) is 59.1 Å². The normalized spacial score (nSPS) is 39.4. The molecular formula is C22H34O4. The van der Waals surface area contributed by atoms with E-state index in [-0.39, 0.29) is 18.0 Å². The summed E-state index contributed by atoms with van der Waals surface area (Å²) in [7, 11) is 0. The van der Waals surface area contributed by atoms with Gasteiger partial charge >= 0.3 is 5.97 Å². The molecule has 146 valence electrons. The van der Waals surface area contributed by atoms with E-state index in [2.05, 4.69) is 39.8 Å². The van der Waals surface area contributed by atoms with Gasteiger partial charge in [0.1, 0.15) is 11.7 Å². The number of ether oxygens (including phenoxy) is 2. The second kappa shape index (κ2) is 8.53. The van der Waals surface area contributed by atoms with Gasteiger partial charge in [0.15, 0.2) is 6.10 Å². The molecular weight excluding hydrogens is 328 g/mol. The van der Waals surface area contributed by atoms with Crippen molar-refractivity contribution >= 4 is 5.97 Å². The zero-order chi connectivity index (χ0) is 19.5. The van der Waals surface area contributed by atoms with Crippen LogP contribution in [0, 0.1) is 5.92 Å². The van der Waals surface area contributed by atoms with Crippen LogP contribution in [0.4, 0.5) is 0 Å². The predicted molar refractivity (Wildman–Crippen MR) is 104 cm³/mol. The molecule has 0 radical (unpaired) electrons. The van der Waals surface area contributed by atoms with Gasteiger partial charge in [-0.05, 0) is 57.9 Å². The third-order valence-corrected chi connectivity index (χ3v) is 5.53. The molecule has 1 unspecified atom stereocenters. The standard InChI is InChI=1S/C22H34O4/c1-14(2)18-12-10-15(3)8-7-9-16(4)11-13-19-22(6,26-19)21(24)20(18)25-17(5)23/h9-10,12,14,19-21,24H,7-8,11,13H2,1-6H3/b15-10+,16-9+,18-12-/t19-,20?,21-,22+/m0/s1. The molecule has 1 aliphatic heterocycles. The second-order valence-corrected chi connectivity index (χ2v) is 8.23. The molecule has 0 saturated carbocycles. The minimum Gasteiger partial charge on any atom is -0.455 e. The number of hydrogen-bond donors (Lipinski definition) is 1. The Labute approximate surface area is 158 Å². The number of epoxide rings is 1. The lowest BCUT2D eigenvalue weighted by Gasteiger charge is -2.30. The van der Waals surface area contributed by atoms with Gasteiger partial charge in [-0.2, -0.15) is 0 Å². The van der Waals surface area contributed by atoms with Crippen molar-refractivity contribution in [3.63, 3.8) is 0 Å². The van der Waals surface area contributed by atoms with Gasteiger partial charge in [-0.3, -0.25) is 4.79 Å². The van der Waals surface area contributed by atoms with Crippen molar-refractivity contribution in [1.82, 2.24) is 0 Å². The summed E-state index contributed by atoms with van der Waals surface area (Å²) in [6.07, 6.45) is 8.67. The number of hydrogen-bond acceptors (Lipinski definition) is 4. The molecule has 1 N–H and O–H groups in total. The zero-order valence-electron chi connectivity index (χ0n) is 17.0. The maximum absolute atomic E-state index is 11.7. The van der Waals surface area contributed by atoms with E-state index in [1.54, 1.807) is 0 Å². The fourth-order valence-corrected chi connectivity index (χ4v) is 3.62. The third-order valence-electron chi connectivity index (χ3n) is 5.53. The fourth-order valence-electron chi connectivity index (χ4n) is 3.62. The average molecular weight is 363 g/mol. The lowest BCUT2D eigenvalue weighted by Crippen LogP contribution is -2.44. The van der Waals surface area contributed by atoms with Crippen molar-refractivity contribution in [2.45, 2.75) is 91.1 Å². The second-order valence-electron chi connectivity index (χ2n) is 8.23. The summed E-state index contributed by atoms with van der Waals surface area (Å²) in [4.78, 5) is 11.7. The summed E-state index contributed by atoms with van der Waals surface area (Å²) < 4.78 is 11.5. The predicted octanol–water partition coefficient (Wildman–Crippen LogP) is 4.49. The molecule has 0 aromatic carbocycles. The Bertz CT molecular complexity index is 614. The number of aliphatic hydroxyl groups excluding tert-OH is 1. The molecule has 0 aromatic rings. The third kappa shape index (κ3) is 5.08. The van der Waals surface area contributed by atoms with Gasteiger partial charge in [0.05, 0.1) is 6.10 Å². The molecule has 0 aromatic heterocycles. The zero-order valence-corrected chi connectivity index (χ0v) is 17.0. The molecule has 1 fully saturated rings. The van der Waals surface area contributed by atoms with E-state index in [1.807, 2.05) is 13.0 Å². The highest BCUT2D eigenvalue weighted by Gasteiger charge is 2.60. The maximum atomic E-state index is 11.7. The first kappa shape index (κ1) is 20.9. The van der Waals surface area contributed by atoms with E-state index in [4.69, 9.17) is 9.47 Å². The molecule has 0 amide bonds. The van der Waals surface area contributed by atoms with Gasteiger partial charge in [0, 0.05) is 6.92 Å². The van der Waals surface area contributed by atoms with Crippen molar-refractivity contribution in [2.24, 2.45) is 5.92 Å². The molecule has 26 heavy (non-hydrogen) atoms. The van der Waals surface area contributed by atoms with Crippen LogP contribution in [0.3, 0.4) is 0 Å². The van der Waals surface area contributed by atoms with Crippen LogP contribution in [0.1, 0.15) is 67.2 Å². The quantitative estimate of drug-likeness (QED) is 0.447. The fraction of sp³-hybridized carbons (Fsp3) is 0.682. The lowest BCUT2D eigenvalue weighted by molar-refractivity contribution is -0.152. The number of carbonyl (C=O) groups excluding carboxylic acids is 1. The Morgan fingerprint density at radius 1 is 1.27 bits per heavy atom. The minimum atomic E-state index is -0.883. The Kier molecular flexibility index (Phi) is 6.86. The van der Waals surface area contributed by atoms with Crippen LogP contribution in [-0.4, -0.2) is 35.0 Å². The number of esters is 1. The summed E-state index contributed by atoms with van der Waals surface area (Å²) in [6, 6.07) is 0. The molecule has 1 heterocycles. The van der Waals surface area contributed by atoms with Crippen LogP contribution in [0.25, 0.3) is 0 Å². The average Bonchev–Trinajstić information content (AvgIpc) is 3.22. The van der Waals surface area contributed by atoms with Crippen LogP contribution < -0.4 is 0 Å². The molecule has 0 bridgehead atoms. The van der Waals surface area contributed by atoms with Crippen LogP contribution in [-0.2, 0) is 14.3 Å². The molecule has 4 heteroatoms. The van der Waals surface area contributed by atoms with Gasteiger partial charge < -0.3 is 14.6 Å². The monoisotopic (exact) mass is 362 g/mol. The van der Waals surface area contributed by atoms with Crippen molar-refractivity contribution in [3.8, 4) is 0 Å². The van der Waals surface area contributed by atoms with Crippen molar-refractivity contribution in [3.05, 3.63) is 34.9 Å². The molecule has 1 aliphatic carbocycles. The van der Waals surface area contributed by atoms with Crippen molar-refractivity contribution < 1.29 is 19.4 Å². The summed E-state index contributed by atoms with van der Waals surface area (Å²) in [5, 5.41) is 11.1. The summed E-state index contributed by atoms with van der Waals surface area (Å²) in [5.74, 6) is -0.240. The van der Waals surface area contributed by atoms with E-state index in [0.29, 0.717) is 0 Å². The highest BCUT2D eigenvalue weighted by Crippen LogP contribution is 2.45. The van der Waals surface area contributed by atoms with Crippen LogP contribution in [0.5, 0.6) is 0 Å². The number of aliphatic hydroxyl groups is 1. The first-order valence-corrected chi connectivity index (χ1v) is 9.71. The number of carbonyl (C=O) groups is 1. The van der Waals surface area contributed by atoms with Gasteiger partial charge in [0.2, 0.25) is 0 Å². The number of fused-ring (bicyclic) bond motifs is 1. The lowest BCUT2D eigenvalue weighted by atomic mass is 9.85. The van der Waals surface area contributed by atoms with Crippen molar-refractivity contribution in [1.29, 1.82) is 0 Å². The van der Waals surface area contributed by atoms with Gasteiger partial charge in [-0.25, -0.2) is 0 Å². The number of allylic oxidation sites excluding steroid dienone is 5. The SMILES string of the molecule is CC(=O)OC1/C(C(C)C)=C\C=C(/C)CC/C=C(\C)CC[C@@H]2O[C@@]2(C)[C@H]1O. The van der Waals surface area contributed by atoms with Crippen molar-refractivity contribution in [2.75, 3.05) is 0 Å². The first-order valence-electron chi connectivity index (χ1n) is 9.71.